The fourth-order valence-electron chi connectivity index (χ4n) is 2.33. The normalized spacial score (nSPS) is 16.8. The molecule has 1 atom stereocenters. The second-order valence-electron chi connectivity index (χ2n) is 5.13. The highest BCUT2D eigenvalue weighted by Gasteiger charge is 2.27. The molecular formula is C15H23FN2O. The molecule has 0 bridgehead atoms. The second-order valence-corrected chi connectivity index (χ2v) is 5.13. The second kappa shape index (κ2) is 6.98. The van der Waals surface area contributed by atoms with Crippen LogP contribution in [0.3, 0.4) is 0 Å². The molecule has 0 amide bonds. The van der Waals surface area contributed by atoms with Gasteiger partial charge in [-0.05, 0) is 37.1 Å². The molecule has 0 spiro atoms. The molecule has 1 fully saturated rings. The molecule has 0 radical (unpaired) electrons. The molecule has 0 aromatic heterocycles. The van der Waals surface area contributed by atoms with Gasteiger partial charge in [0.1, 0.15) is 5.82 Å². The first-order valence-corrected chi connectivity index (χ1v) is 7.09. The van der Waals surface area contributed by atoms with E-state index in [1.807, 2.05) is 0 Å². The Morgan fingerprint density at radius 3 is 2.89 bits per heavy atom. The minimum Gasteiger partial charge on any atom is -0.387 e. The van der Waals surface area contributed by atoms with Gasteiger partial charge in [-0.1, -0.05) is 19.1 Å². The third-order valence-corrected chi connectivity index (χ3v) is 3.62. The van der Waals surface area contributed by atoms with Gasteiger partial charge in [0, 0.05) is 25.7 Å². The lowest BCUT2D eigenvalue weighted by Gasteiger charge is -2.20. The van der Waals surface area contributed by atoms with Gasteiger partial charge in [-0.25, -0.2) is 4.39 Å². The van der Waals surface area contributed by atoms with E-state index < -0.39 is 6.10 Å². The fraction of sp³-hybridized carbons (Fsp3) is 0.600. The van der Waals surface area contributed by atoms with E-state index in [0.717, 1.165) is 25.7 Å². The summed E-state index contributed by atoms with van der Waals surface area (Å²) >= 11 is 0. The van der Waals surface area contributed by atoms with Crippen LogP contribution in [0, 0.1) is 5.82 Å². The monoisotopic (exact) mass is 266 g/mol. The Kier molecular flexibility index (Phi) is 5.31. The number of nitrogens with zero attached hydrogens (tertiary/aromatic N) is 1. The lowest BCUT2D eigenvalue weighted by Crippen LogP contribution is -2.35. The van der Waals surface area contributed by atoms with Crippen LogP contribution in [0.5, 0.6) is 0 Å². The number of hydrogen-bond acceptors (Lipinski definition) is 3. The van der Waals surface area contributed by atoms with Crippen LogP contribution in [0.4, 0.5) is 4.39 Å². The average molecular weight is 266 g/mol. The third-order valence-electron chi connectivity index (χ3n) is 3.62. The molecule has 0 aliphatic heterocycles. The zero-order valence-corrected chi connectivity index (χ0v) is 11.5. The van der Waals surface area contributed by atoms with Gasteiger partial charge in [0.25, 0.3) is 0 Å². The van der Waals surface area contributed by atoms with Crippen molar-refractivity contribution >= 4 is 0 Å². The molecule has 1 aromatic carbocycles. The largest absolute Gasteiger partial charge is 0.387 e. The van der Waals surface area contributed by atoms with Crippen molar-refractivity contribution in [1.29, 1.82) is 0 Å². The van der Waals surface area contributed by atoms with Crippen molar-refractivity contribution in [2.45, 2.75) is 31.9 Å². The maximum atomic E-state index is 13.0. The molecule has 4 heteroatoms. The van der Waals surface area contributed by atoms with Gasteiger partial charge in [0.15, 0.2) is 0 Å². The summed E-state index contributed by atoms with van der Waals surface area (Å²) in [6.07, 6.45) is 1.99. The predicted octanol–water partition coefficient (Wildman–Crippen LogP) is 1.93. The summed E-state index contributed by atoms with van der Waals surface area (Å²) in [5, 5.41) is 13.2. The van der Waals surface area contributed by atoms with Crippen LogP contribution in [0.15, 0.2) is 24.3 Å². The van der Waals surface area contributed by atoms with E-state index in [-0.39, 0.29) is 5.82 Å². The summed E-state index contributed by atoms with van der Waals surface area (Å²) in [6.45, 7) is 5.60. The summed E-state index contributed by atoms with van der Waals surface area (Å²) in [7, 11) is 0. The van der Waals surface area contributed by atoms with Crippen LogP contribution in [-0.4, -0.2) is 42.2 Å². The molecule has 106 valence electrons. The van der Waals surface area contributed by atoms with Gasteiger partial charge in [0.05, 0.1) is 6.10 Å². The van der Waals surface area contributed by atoms with Crippen LogP contribution in [0.25, 0.3) is 0 Å². The molecule has 2 N–H and O–H groups in total. The van der Waals surface area contributed by atoms with Crippen molar-refractivity contribution in [2.75, 3.05) is 26.2 Å². The SMILES string of the molecule is CCN(CCNCC(O)c1cccc(F)c1)C1CC1. The van der Waals surface area contributed by atoms with E-state index in [2.05, 4.69) is 17.1 Å². The molecular weight excluding hydrogens is 243 g/mol. The third kappa shape index (κ3) is 4.56. The van der Waals surface area contributed by atoms with E-state index in [9.17, 15) is 9.50 Å². The molecule has 1 aromatic rings. The number of likely N-dealkylation sites (N-methyl/N-ethyl adjacent to an activating group) is 1. The highest BCUT2D eigenvalue weighted by Crippen LogP contribution is 2.25. The summed E-state index contributed by atoms with van der Waals surface area (Å²) in [5.74, 6) is -0.303. The highest BCUT2D eigenvalue weighted by atomic mass is 19.1. The molecule has 0 saturated heterocycles. The van der Waals surface area contributed by atoms with E-state index in [0.29, 0.717) is 12.1 Å². The predicted molar refractivity (Wildman–Crippen MR) is 74.5 cm³/mol. The number of nitrogens with one attached hydrogen (secondary N) is 1. The Morgan fingerprint density at radius 2 is 2.26 bits per heavy atom. The molecule has 1 aliphatic rings. The quantitative estimate of drug-likeness (QED) is 0.706. The summed E-state index contributed by atoms with van der Waals surface area (Å²) in [6, 6.07) is 6.92. The Bertz CT molecular complexity index is 395. The number of rotatable bonds is 8. The molecule has 3 nitrogen and oxygen atoms in total. The number of benzene rings is 1. The van der Waals surface area contributed by atoms with Crippen molar-refractivity contribution in [1.82, 2.24) is 10.2 Å². The first-order valence-electron chi connectivity index (χ1n) is 7.09. The minimum atomic E-state index is -0.647. The van der Waals surface area contributed by atoms with E-state index >= 15 is 0 Å². The number of aliphatic hydroxyl groups is 1. The Hall–Kier alpha value is -0.970. The smallest absolute Gasteiger partial charge is 0.123 e. The fourth-order valence-corrected chi connectivity index (χ4v) is 2.33. The molecule has 2 rings (SSSR count). The van der Waals surface area contributed by atoms with Gasteiger partial charge in [-0.2, -0.15) is 0 Å². The van der Waals surface area contributed by atoms with Crippen LogP contribution in [0.2, 0.25) is 0 Å². The van der Waals surface area contributed by atoms with Crippen molar-refractivity contribution in [2.24, 2.45) is 0 Å². The standard InChI is InChI=1S/C15H23FN2O/c1-2-18(14-6-7-14)9-8-17-11-15(19)12-4-3-5-13(16)10-12/h3-5,10,14-15,17,19H,2,6-9,11H2,1H3. The van der Waals surface area contributed by atoms with Crippen LogP contribution in [-0.2, 0) is 0 Å². The van der Waals surface area contributed by atoms with Gasteiger partial charge in [0.2, 0.25) is 0 Å². The van der Waals surface area contributed by atoms with Crippen LogP contribution in [0.1, 0.15) is 31.4 Å². The lowest BCUT2D eigenvalue weighted by molar-refractivity contribution is 0.171. The summed E-state index contributed by atoms with van der Waals surface area (Å²) in [5.41, 5.74) is 0.627. The Balaban J connectivity index is 1.67. The van der Waals surface area contributed by atoms with Crippen molar-refractivity contribution < 1.29 is 9.50 Å². The van der Waals surface area contributed by atoms with Crippen LogP contribution < -0.4 is 5.32 Å². The minimum absolute atomic E-state index is 0.303. The van der Waals surface area contributed by atoms with Crippen molar-refractivity contribution in [3.05, 3.63) is 35.6 Å². The summed E-state index contributed by atoms with van der Waals surface area (Å²) in [4.78, 5) is 2.46. The first kappa shape index (κ1) is 14.4. The van der Waals surface area contributed by atoms with E-state index in [4.69, 9.17) is 0 Å². The zero-order valence-electron chi connectivity index (χ0n) is 11.5. The Morgan fingerprint density at radius 1 is 1.47 bits per heavy atom. The van der Waals surface area contributed by atoms with E-state index in [1.165, 1.54) is 25.0 Å². The van der Waals surface area contributed by atoms with Gasteiger partial charge >= 0.3 is 0 Å². The molecule has 1 aliphatic carbocycles. The Labute approximate surface area is 114 Å². The topological polar surface area (TPSA) is 35.5 Å². The average Bonchev–Trinajstić information content (AvgIpc) is 3.23. The van der Waals surface area contributed by atoms with Gasteiger partial charge in [-0.3, -0.25) is 4.90 Å². The molecule has 0 heterocycles. The van der Waals surface area contributed by atoms with Gasteiger partial charge in [-0.15, -0.1) is 0 Å². The lowest BCUT2D eigenvalue weighted by atomic mass is 10.1. The van der Waals surface area contributed by atoms with E-state index in [1.54, 1.807) is 12.1 Å². The molecule has 1 saturated carbocycles. The van der Waals surface area contributed by atoms with Gasteiger partial charge < -0.3 is 10.4 Å². The molecule has 19 heavy (non-hydrogen) atoms. The van der Waals surface area contributed by atoms with Crippen molar-refractivity contribution in [3.63, 3.8) is 0 Å². The van der Waals surface area contributed by atoms with Crippen LogP contribution >= 0.6 is 0 Å². The maximum Gasteiger partial charge on any atom is 0.123 e. The number of halogens is 1. The number of aliphatic hydroxyl groups excluding tert-OH is 1. The highest BCUT2D eigenvalue weighted by molar-refractivity contribution is 5.18. The maximum absolute atomic E-state index is 13.0. The number of hydrogen-bond donors (Lipinski definition) is 2. The summed E-state index contributed by atoms with van der Waals surface area (Å²) < 4.78 is 13.0. The first-order chi connectivity index (χ1) is 9.20. The molecule has 1 unspecified atom stereocenters. The zero-order chi connectivity index (χ0) is 13.7. The van der Waals surface area contributed by atoms with Crippen molar-refractivity contribution in [3.8, 4) is 0 Å².